The summed E-state index contributed by atoms with van der Waals surface area (Å²) in [6.45, 7) is 2.13. The summed E-state index contributed by atoms with van der Waals surface area (Å²) in [6.07, 6.45) is 7.36. The van der Waals surface area contributed by atoms with Gasteiger partial charge in [0.25, 0.3) is 0 Å². The maximum Gasteiger partial charge on any atom is 0.316 e. The Morgan fingerprint density at radius 2 is 2.35 bits per heavy atom. The number of allylic oxidation sites excluding steroid dienone is 1. The molecule has 0 aromatic rings. The predicted octanol–water partition coefficient (Wildman–Crippen LogP) is 2.65. The lowest BCUT2D eigenvalue weighted by Crippen LogP contribution is -2.51. The first-order valence-electron chi connectivity index (χ1n) is 6.48. The van der Waals surface area contributed by atoms with Crippen molar-refractivity contribution in [3.05, 3.63) is 11.6 Å². The van der Waals surface area contributed by atoms with Crippen LogP contribution >= 0.6 is 0 Å². The molecule has 1 saturated carbocycles. The lowest BCUT2D eigenvalue weighted by Gasteiger charge is -2.47. The summed E-state index contributed by atoms with van der Waals surface area (Å²) in [4.78, 5) is 23.9. The lowest BCUT2D eigenvalue weighted by atomic mass is 9.54. The van der Waals surface area contributed by atoms with E-state index in [1.807, 2.05) is 6.08 Å². The molecule has 1 fully saturated rings. The molecule has 2 aliphatic rings. The van der Waals surface area contributed by atoms with E-state index in [9.17, 15) is 9.59 Å². The summed E-state index contributed by atoms with van der Waals surface area (Å²) in [6, 6.07) is 0. The maximum absolute atomic E-state index is 12.0. The van der Waals surface area contributed by atoms with Crippen LogP contribution in [0.25, 0.3) is 0 Å². The van der Waals surface area contributed by atoms with Gasteiger partial charge in [-0.05, 0) is 25.7 Å². The molecule has 0 bridgehead atoms. The van der Waals surface area contributed by atoms with E-state index in [1.165, 1.54) is 12.7 Å². The van der Waals surface area contributed by atoms with Gasteiger partial charge < -0.3 is 4.74 Å². The standard InChI is InChI=1S/C14H20O3/c1-3-4-6-10-9-14(13(16)17-2)8-5-7-11(15)12(10)14/h9,12H,3-8H2,1-2H3. The first-order valence-corrected chi connectivity index (χ1v) is 6.48. The van der Waals surface area contributed by atoms with Crippen molar-refractivity contribution in [2.75, 3.05) is 7.11 Å². The van der Waals surface area contributed by atoms with Crippen molar-refractivity contribution in [2.45, 2.75) is 45.4 Å². The van der Waals surface area contributed by atoms with Crippen LogP contribution in [0.2, 0.25) is 0 Å². The highest BCUT2D eigenvalue weighted by Gasteiger charge is 2.57. The molecule has 0 amide bonds. The van der Waals surface area contributed by atoms with Crippen LogP contribution in [0.5, 0.6) is 0 Å². The Hall–Kier alpha value is -1.12. The van der Waals surface area contributed by atoms with Gasteiger partial charge in [-0.2, -0.15) is 0 Å². The van der Waals surface area contributed by atoms with Crippen LogP contribution in [0.3, 0.4) is 0 Å². The molecule has 3 nitrogen and oxygen atoms in total. The molecule has 17 heavy (non-hydrogen) atoms. The molecule has 0 aromatic heterocycles. The van der Waals surface area contributed by atoms with Crippen LogP contribution in [-0.2, 0) is 14.3 Å². The fourth-order valence-corrected chi connectivity index (χ4v) is 3.21. The van der Waals surface area contributed by atoms with Gasteiger partial charge in [0.05, 0.1) is 18.4 Å². The van der Waals surface area contributed by atoms with Crippen molar-refractivity contribution in [1.29, 1.82) is 0 Å². The third-order valence-electron chi connectivity index (χ3n) is 4.05. The summed E-state index contributed by atoms with van der Waals surface area (Å²) in [5, 5.41) is 0. The van der Waals surface area contributed by atoms with Crippen molar-refractivity contribution in [3.8, 4) is 0 Å². The fraction of sp³-hybridized carbons (Fsp3) is 0.714. The van der Waals surface area contributed by atoms with Crippen molar-refractivity contribution in [1.82, 2.24) is 0 Å². The highest BCUT2D eigenvalue weighted by molar-refractivity contribution is 5.97. The van der Waals surface area contributed by atoms with Crippen molar-refractivity contribution in [2.24, 2.45) is 11.3 Å². The third-order valence-corrected chi connectivity index (χ3v) is 4.05. The van der Waals surface area contributed by atoms with Crippen molar-refractivity contribution >= 4 is 11.8 Å². The first kappa shape index (κ1) is 12.3. The lowest BCUT2D eigenvalue weighted by molar-refractivity contribution is -0.159. The Kier molecular flexibility index (Phi) is 3.36. The number of carbonyl (C=O) groups is 2. The molecule has 2 atom stereocenters. The second kappa shape index (κ2) is 4.63. The zero-order valence-corrected chi connectivity index (χ0v) is 10.6. The molecule has 0 radical (unpaired) electrons. The summed E-state index contributed by atoms with van der Waals surface area (Å²) < 4.78 is 4.88. The second-order valence-corrected chi connectivity index (χ2v) is 5.11. The van der Waals surface area contributed by atoms with E-state index in [0.29, 0.717) is 6.42 Å². The molecule has 2 unspecified atom stereocenters. The topological polar surface area (TPSA) is 43.4 Å². The SMILES string of the molecule is CCCCC1=CC2(C(=O)OC)CCCC(=O)C12. The van der Waals surface area contributed by atoms with E-state index >= 15 is 0 Å². The van der Waals surface area contributed by atoms with E-state index in [1.54, 1.807) is 0 Å². The van der Waals surface area contributed by atoms with Gasteiger partial charge in [0.15, 0.2) is 0 Å². The zero-order chi connectivity index (χ0) is 12.5. The molecule has 0 aliphatic heterocycles. The molecular formula is C14H20O3. The van der Waals surface area contributed by atoms with Gasteiger partial charge in [-0.1, -0.05) is 25.0 Å². The van der Waals surface area contributed by atoms with E-state index in [0.717, 1.165) is 32.1 Å². The molecule has 0 N–H and O–H groups in total. The number of hydrogen-bond acceptors (Lipinski definition) is 3. The number of Topliss-reactive ketones (excluding diaryl/α,β-unsaturated/α-hetero) is 1. The second-order valence-electron chi connectivity index (χ2n) is 5.11. The molecule has 3 heteroatoms. The molecule has 2 rings (SSSR count). The van der Waals surface area contributed by atoms with E-state index < -0.39 is 5.41 Å². The average molecular weight is 236 g/mol. The number of fused-ring (bicyclic) bond motifs is 1. The van der Waals surface area contributed by atoms with Gasteiger partial charge in [-0.15, -0.1) is 0 Å². The molecule has 0 spiro atoms. The first-order chi connectivity index (χ1) is 8.15. The minimum atomic E-state index is -0.604. The number of ether oxygens (including phenoxy) is 1. The van der Waals surface area contributed by atoms with Crippen LogP contribution in [0.1, 0.15) is 45.4 Å². The number of methoxy groups -OCH3 is 1. The summed E-state index contributed by atoms with van der Waals surface area (Å²) in [5.41, 5.74) is 0.564. The largest absolute Gasteiger partial charge is 0.468 e. The molecular weight excluding hydrogens is 216 g/mol. The molecule has 94 valence electrons. The van der Waals surface area contributed by atoms with Crippen LogP contribution in [0.4, 0.5) is 0 Å². The molecule has 0 heterocycles. The van der Waals surface area contributed by atoms with Gasteiger partial charge >= 0.3 is 5.97 Å². The minimum absolute atomic E-state index is 0.171. The van der Waals surface area contributed by atoms with Crippen LogP contribution in [-0.4, -0.2) is 18.9 Å². The van der Waals surface area contributed by atoms with Gasteiger partial charge in [0.1, 0.15) is 5.78 Å². The van der Waals surface area contributed by atoms with Gasteiger partial charge in [-0.3, -0.25) is 9.59 Å². The Morgan fingerprint density at radius 1 is 1.59 bits per heavy atom. The Labute approximate surface area is 102 Å². The number of unbranched alkanes of at least 4 members (excludes halogenated alkanes) is 1. The van der Waals surface area contributed by atoms with Crippen molar-refractivity contribution < 1.29 is 14.3 Å². The van der Waals surface area contributed by atoms with E-state index in [-0.39, 0.29) is 17.7 Å². The summed E-state index contributed by atoms with van der Waals surface area (Å²) >= 11 is 0. The van der Waals surface area contributed by atoms with Crippen molar-refractivity contribution in [3.63, 3.8) is 0 Å². The third kappa shape index (κ3) is 1.81. The summed E-state index contributed by atoms with van der Waals surface area (Å²) in [7, 11) is 1.41. The normalized spacial score (nSPS) is 31.3. The van der Waals surface area contributed by atoms with Gasteiger partial charge in [0.2, 0.25) is 0 Å². The highest BCUT2D eigenvalue weighted by atomic mass is 16.5. The Bertz CT molecular complexity index is 370. The zero-order valence-electron chi connectivity index (χ0n) is 10.6. The molecule has 0 saturated heterocycles. The quantitative estimate of drug-likeness (QED) is 0.556. The average Bonchev–Trinajstić information content (AvgIpc) is 2.29. The van der Waals surface area contributed by atoms with Gasteiger partial charge in [0, 0.05) is 6.42 Å². The minimum Gasteiger partial charge on any atom is -0.468 e. The number of hydrogen-bond donors (Lipinski definition) is 0. The smallest absolute Gasteiger partial charge is 0.316 e. The maximum atomic E-state index is 12.0. The van der Waals surface area contributed by atoms with Crippen LogP contribution in [0.15, 0.2) is 11.6 Å². The monoisotopic (exact) mass is 236 g/mol. The highest BCUT2D eigenvalue weighted by Crippen LogP contribution is 2.54. The Morgan fingerprint density at radius 3 is 3.00 bits per heavy atom. The fourth-order valence-electron chi connectivity index (χ4n) is 3.21. The van der Waals surface area contributed by atoms with Gasteiger partial charge in [-0.25, -0.2) is 0 Å². The molecule has 2 aliphatic carbocycles. The summed E-state index contributed by atoms with van der Waals surface area (Å²) in [5.74, 6) is -0.165. The number of esters is 1. The van der Waals surface area contributed by atoms with E-state index in [4.69, 9.17) is 4.74 Å². The molecule has 0 aromatic carbocycles. The van der Waals surface area contributed by atoms with Crippen LogP contribution < -0.4 is 0 Å². The van der Waals surface area contributed by atoms with Crippen LogP contribution in [0, 0.1) is 11.3 Å². The number of ketones is 1. The predicted molar refractivity (Wildman–Crippen MR) is 64.4 cm³/mol. The Balaban J connectivity index is 2.22. The number of rotatable bonds is 4. The number of carbonyl (C=O) groups excluding carboxylic acids is 2. The van der Waals surface area contributed by atoms with E-state index in [2.05, 4.69) is 6.92 Å².